The van der Waals surface area contributed by atoms with Crippen LogP contribution in [0.25, 0.3) is 0 Å². The van der Waals surface area contributed by atoms with Gasteiger partial charge in [0, 0.05) is 32.3 Å². The minimum atomic E-state index is -0.718. The molecule has 0 radical (unpaired) electrons. The van der Waals surface area contributed by atoms with E-state index < -0.39 is 16.6 Å². The summed E-state index contributed by atoms with van der Waals surface area (Å²) in [4.78, 5) is 24.5. The molecule has 1 fully saturated rings. The van der Waals surface area contributed by atoms with Crippen molar-refractivity contribution in [3.8, 4) is 0 Å². The van der Waals surface area contributed by atoms with Gasteiger partial charge in [-0.05, 0) is 18.9 Å². The second-order valence-corrected chi connectivity index (χ2v) is 5.56. The quantitative estimate of drug-likeness (QED) is 0.576. The fourth-order valence-corrected chi connectivity index (χ4v) is 2.88. The van der Waals surface area contributed by atoms with Gasteiger partial charge in [-0.1, -0.05) is 0 Å². The Labute approximate surface area is 138 Å². The number of ether oxygens (including phenoxy) is 1. The van der Waals surface area contributed by atoms with Crippen molar-refractivity contribution in [3.63, 3.8) is 0 Å². The monoisotopic (exact) mass is 340 g/mol. The van der Waals surface area contributed by atoms with Gasteiger partial charge in [0.1, 0.15) is 17.2 Å². The molecule has 9 heteroatoms. The first kappa shape index (κ1) is 18.1. The predicted octanol–water partition coefficient (Wildman–Crippen LogP) is 1.64. The molecule has 8 nitrogen and oxygen atoms in total. The van der Waals surface area contributed by atoms with Gasteiger partial charge in [-0.25, -0.2) is 4.39 Å². The molecular weight excluding hydrogens is 319 g/mol. The molecule has 3 N–H and O–H groups in total. The van der Waals surface area contributed by atoms with Gasteiger partial charge in [0.2, 0.25) is 5.91 Å². The van der Waals surface area contributed by atoms with E-state index >= 15 is 0 Å². The van der Waals surface area contributed by atoms with Crippen molar-refractivity contribution in [1.82, 2.24) is 0 Å². The van der Waals surface area contributed by atoms with Gasteiger partial charge in [0.25, 0.3) is 5.69 Å². The average Bonchev–Trinajstić information content (AvgIpc) is 3.02. The summed E-state index contributed by atoms with van der Waals surface area (Å²) in [7, 11) is 1.45. The van der Waals surface area contributed by atoms with Crippen LogP contribution in [0.2, 0.25) is 0 Å². The van der Waals surface area contributed by atoms with E-state index in [0.717, 1.165) is 25.0 Å². The smallest absolute Gasteiger partial charge is 0.294 e. The zero-order valence-corrected chi connectivity index (χ0v) is 13.5. The lowest BCUT2D eigenvalue weighted by Gasteiger charge is -2.27. The molecule has 1 atom stereocenters. The minimum Gasteiger partial charge on any atom is -0.384 e. The molecule has 1 aromatic carbocycles. The number of carbonyl (C=O) groups is 1. The first-order valence-electron chi connectivity index (χ1n) is 7.72. The molecule has 132 valence electrons. The summed E-state index contributed by atoms with van der Waals surface area (Å²) in [6.07, 6.45) is 1.59. The van der Waals surface area contributed by atoms with E-state index in [1.807, 2.05) is 0 Å². The summed E-state index contributed by atoms with van der Waals surface area (Å²) in [6, 6.07) is 1.97. The third kappa shape index (κ3) is 3.80. The number of halogens is 1. The van der Waals surface area contributed by atoms with Gasteiger partial charge in [-0.3, -0.25) is 14.9 Å². The largest absolute Gasteiger partial charge is 0.384 e. The fraction of sp³-hybridized carbons (Fsp3) is 0.533. The molecule has 1 amide bonds. The third-order valence-corrected chi connectivity index (χ3v) is 4.04. The zero-order chi connectivity index (χ0) is 17.7. The van der Waals surface area contributed by atoms with E-state index in [1.165, 1.54) is 7.11 Å². The Morgan fingerprint density at radius 2 is 2.33 bits per heavy atom. The Bertz CT molecular complexity index is 626. The summed E-state index contributed by atoms with van der Waals surface area (Å²) in [5.74, 6) is -1.19. The number of nitro benzene ring substituents is 1. The third-order valence-electron chi connectivity index (χ3n) is 4.04. The van der Waals surface area contributed by atoms with Crippen molar-refractivity contribution in [3.05, 3.63) is 28.1 Å². The van der Waals surface area contributed by atoms with Crippen LogP contribution >= 0.6 is 0 Å². The first-order chi connectivity index (χ1) is 11.5. The van der Waals surface area contributed by atoms with E-state index in [9.17, 15) is 19.3 Å². The number of rotatable bonds is 7. The van der Waals surface area contributed by atoms with Crippen LogP contribution in [0.1, 0.15) is 19.3 Å². The Kier molecular flexibility index (Phi) is 6.04. The zero-order valence-electron chi connectivity index (χ0n) is 13.5. The molecule has 1 saturated heterocycles. The molecule has 0 bridgehead atoms. The maximum absolute atomic E-state index is 14.3. The number of anilines is 2. The molecule has 2 rings (SSSR count). The molecule has 1 heterocycles. The summed E-state index contributed by atoms with van der Waals surface area (Å²) < 4.78 is 19.2. The molecular formula is C15H21FN4O4. The van der Waals surface area contributed by atoms with Gasteiger partial charge >= 0.3 is 0 Å². The molecule has 24 heavy (non-hydrogen) atoms. The second kappa shape index (κ2) is 8.02. The molecule has 1 aliphatic rings. The number of nitrogens with zero attached hydrogens (tertiary/aromatic N) is 2. The number of hydrogen-bond acceptors (Lipinski definition) is 6. The van der Waals surface area contributed by atoms with Crippen LogP contribution in [0.15, 0.2) is 12.1 Å². The van der Waals surface area contributed by atoms with Crippen molar-refractivity contribution < 1.29 is 18.8 Å². The van der Waals surface area contributed by atoms with Crippen LogP contribution in [0.5, 0.6) is 0 Å². The number of nitrogens with two attached hydrogens (primary N) is 1. The molecule has 0 unspecified atom stereocenters. The SMILES string of the molecule is COCCC(=O)Nc1c(F)ccc([N+](=O)[O-])c1N1CCC[C@H]1CN. The van der Waals surface area contributed by atoms with Crippen molar-refractivity contribution in [2.45, 2.75) is 25.3 Å². The Balaban J connectivity index is 2.45. The molecule has 0 aliphatic carbocycles. The molecule has 0 aromatic heterocycles. The van der Waals surface area contributed by atoms with E-state index in [4.69, 9.17) is 10.5 Å². The number of hydrogen-bond donors (Lipinski definition) is 2. The fourth-order valence-electron chi connectivity index (χ4n) is 2.88. The highest BCUT2D eigenvalue weighted by molar-refractivity contribution is 5.96. The van der Waals surface area contributed by atoms with Crippen molar-refractivity contribution in [2.75, 3.05) is 37.0 Å². The van der Waals surface area contributed by atoms with Crippen LogP contribution < -0.4 is 16.0 Å². The first-order valence-corrected chi connectivity index (χ1v) is 7.72. The molecule has 0 saturated carbocycles. The number of nitro groups is 1. The molecule has 1 aliphatic heterocycles. The van der Waals surface area contributed by atoms with Gasteiger partial charge in [-0.2, -0.15) is 0 Å². The topological polar surface area (TPSA) is 111 Å². The second-order valence-electron chi connectivity index (χ2n) is 5.56. The molecule has 1 aromatic rings. The van der Waals surface area contributed by atoms with E-state index in [1.54, 1.807) is 4.90 Å². The number of nitrogens with one attached hydrogen (secondary N) is 1. The highest BCUT2D eigenvalue weighted by Gasteiger charge is 2.33. The highest BCUT2D eigenvalue weighted by atomic mass is 19.1. The summed E-state index contributed by atoms with van der Waals surface area (Å²) in [5.41, 5.74) is 5.39. The van der Waals surface area contributed by atoms with Crippen LogP contribution in [0.4, 0.5) is 21.5 Å². The number of methoxy groups -OCH3 is 1. The van der Waals surface area contributed by atoms with E-state index in [-0.39, 0.29) is 36.1 Å². The highest BCUT2D eigenvalue weighted by Crippen LogP contribution is 2.41. The van der Waals surface area contributed by atoms with Crippen molar-refractivity contribution in [2.24, 2.45) is 5.73 Å². The van der Waals surface area contributed by atoms with Crippen LogP contribution in [0, 0.1) is 15.9 Å². The summed E-state index contributed by atoms with van der Waals surface area (Å²) >= 11 is 0. The normalized spacial score (nSPS) is 17.1. The Morgan fingerprint density at radius 1 is 1.58 bits per heavy atom. The van der Waals surface area contributed by atoms with Crippen LogP contribution in [0.3, 0.4) is 0 Å². The minimum absolute atomic E-state index is 0.0262. The van der Waals surface area contributed by atoms with Gasteiger partial charge < -0.3 is 20.7 Å². The van der Waals surface area contributed by atoms with Gasteiger partial charge in [0.05, 0.1) is 18.0 Å². The van der Waals surface area contributed by atoms with Crippen molar-refractivity contribution in [1.29, 1.82) is 0 Å². The van der Waals surface area contributed by atoms with Crippen molar-refractivity contribution >= 4 is 23.0 Å². The number of amides is 1. The Morgan fingerprint density at radius 3 is 2.96 bits per heavy atom. The predicted molar refractivity (Wildman–Crippen MR) is 87.6 cm³/mol. The lowest BCUT2D eigenvalue weighted by Crippen LogP contribution is -2.36. The molecule has 0 spiro atoms. The van der Waals surface area contributed by atoms with Gasteiger partial charge in [-0.15, -0.1) is 0 Å². The lowest BCUT2D eigenvalue weighted by atomic mass is 10.1. The maximum atomic E-state index is 14.3. The Hall–Kier alpha value is -2.26. The summed E-state index contributed by atoms with van der Waals surface area (Å²) in [6.45, 7) is 0.991. The van der Waals surface area contributed by atoms with Gasteiger partial charge in [0.15, 0.2) is 0 Å². The summed E-state index contributed by atoms with van der Waals surface area (Å²) in [5, 5.41) is 13.8. The maximum Gasteiger partial charge on any atom is 0.294 e. The number of benzene rings is 1. The lowest BCUT2D eigenvalue weighted by molar-refractivity contribution is -0.384. The van der Waals surface area contributed by atoms with Crippen LogP contribution in [-0.4, -0.2) is 43.7 Å². The average molecular weight is 340 g/mol. The van der Waals surface area contributed by atoms with Crippen LogP contribution in [-0.2, 0) is 9.53 Å². The number of carbonyl (C=O) groups excluding carboxylic acids is 1. The standard InChI is InChI=1S/C15H21FN4O4/c1-24-8-6-13(21)18-14-11(16)4-5-12(20(22)23)15(14)19-7-2-3-10(19)9-17/h4-5,10H,2-3,6-9,17H2,1H3,(H,18,21)/t10-/m0/s1. The van der Waals surface area contributed by atoms with E-state index in [2.05, 4.69) is 5.32 Å². The van der Waals surface area contributed by atoms with E-state index in [0.29, 0.717) is 13.1 Å².